The molecule has 0 spiro atoms. The van der Waals surface area contributed by atoms with E-state index in [0.717, 1.165) is 24.0 Å². The molecule has 1 amide bonds. The van der Waals surface area contributed by atoms with E-state index in [1.54, 1.807) is 12.3 Å². The van der Waals surface area contributed by atoms with Crippen LogP contribution in [0.4, 0.5) is 0 Å². The predicted molar refractivity (Wildman–Crippen MR) is 75.9 cm³/mol. The number of pyridine rings is 1. The van der Waals surface area contributed by atoms with Crippen molar-refractivity contribution in [1.29, 1.82) is 0 Å². The molecular weight excluding hydrogens is 316 g/mol. The fourth-order valence-electron chi connectivity index (χ4n) is 1.90. The van der Waals surface area contributed by atoms with Crippen LogP contribution in [0.15, 0.2) is 16.7 Å². The van der Waals surface area contributed by atoms with Gasteiger partial charge in [0.1, 0.15) is 5.15 Å². The number of halogens is 2. The molecule has 0 N–H and O–H groups in total. The molecule has 5 heteroatoms. The summed E-state index contributed by atoms with van der Waals surface area (Å²) < 4.78 is 0.776. The van der Waals surface area contributed by atoms with Gasteiger partial charge in [0.25, 0.3) is 5.91 Å². The minimum absolute atomic E-state index is 0.0115. The highest BCUT2D eigenvalue weighted by Gasteiger charge is 2.27. The monoisotopic (exact) mass is 330 g/mol. The minimum Gasteiger partial charge on any atom is -0.338 e. The van der Waals surface area contributed by atoms with Crippen LogP contribution in [0.3, 0.4) is 0 Å². The van der Waals surface area contributed by atoms with Crippen LogP contribution in [0.1, 0.15) is 36.5 Å². The Morgan fingerprint density at radius 1 is 1.61 bits per heavy atom. The van der Waals surface area contributed by atoms with Crippen LogP contribution in [0.25, 0.3) is 0 Å². The number of hydrogen-bond acceptors (Lipinski definition) is 2. The standard InChI is InChI=1S/C13H16BrClN2O/c1-2-5-17(8-9-3-4-9)13(18)11-6-10(14)7-16-12(11)15/h6-7,9H,2-5,8H2,1H3. The summed E-state index contributed by atoms with van der Waals surface area (Å²) in [6, 6.07) is 1.74. The molecule has 0 radical (unpaired) electrons. The van der Waals surface area contributed by atoms with Gasteiger partial charge in [0.15, 0.2) is 0 Å². The second-order valence-corrected chi connectivity index (χ2v) is 5.96. The Bertz CT molecular complexity index is 449. The van der Waals surface area contributed by atoms with Crippen molar-refractivity contribution in [2.75, 3.05) is 13.1 Å². The Kier molecular flexibility index (Phi) is 4.62. The largest absolute Gasteiger partial charge is 0.338 e. The molecule has 0 bridgehead atoms. The normalized spacial score (nSPS) is 14.6. The van der Waals surface area contributed by atoms with Crippen molar-refractivity contribution < 1.29 is 4.79 Å². The Hall–Kier alpha value is -0.610. The summed E-state index contributed by atoms with van der Waals surface area (Å²) in [5.74, 6) is 0.668. The Morgan fingerprint density at radius 2 is 2.33 bits per heavy atom. The molecular formula is C13H16BrClN2O. The summed E-state index contributed by atoms with van der Waals surface area (Å²) in [5, 5.41) is 0.278. The zero-order valence-electron chi connectivity index (χ0n) is 10.3. The van der Waals surface area contributed by atoms with Gasteiger partial charge in [-0.25, -0.2) is 4.98 Å². The van der Waals surface area contributed by atoms with E-state index in [4.69, 9.17) is 11.6 Å². The molecule has 1 saturated carbocycles. The average Bonchev–Trinajstić information content (AvgIpc) is 3.15. The molecule has 0 aromatic carbocycles. The van der Waals surface area contributed by atoms with Crippen LogP contribution in [-0.2, 0) is 0 Å². The van der Waals surface area contributed by atoms with Crippen LogP contribution in [0, 0.1) is 5.92 Å². The molecule has 98 valence electrons. The van der Waals surface area contributed by atoms with Crippen molar-refractivity contribution in [2.45, 2.75) is 26.2 Å². The maximum atomic E-state index is 12.5. The van der Waals surface area contributed by atoms with Gasteiger partial charge in [0.2, 0.25) is 0 Å². The highest BCUT2D eigenvalue weighted by atomic mass is 79.9. The first kappa shape index (κ1) is 13.8. The number of aromatic nitrogens is 1. The summed E-state index contributed by atoms with van der Waals surface area (Å²) in [7, 11) is 0. The third-order valence-corrected chi connectivity index (χ3v) is 3.73. The van der Waals surface area contributed by atoms with Gasteiger partial charge in [-0.05, 0) is 47.2 Å². The van der Waals surface area contributed by atoms with E-state index in [0.29, 0.717) is 11.5 Å². The van der Waals surface area contributed by atoms with Gasteiger partial charge >= 0.3 is 0 Å². The molecule has 3 nitrogen and oxygen atoms in total. The third-order valence-electron chi connectivity index (χ3n) is 2.99. The molecule has 1 heterocycles. The topological polar surface area (TPSA) is 33.2 Å². The molecule has 0 saturated heterocycles. The van der Waals surface area contributed by atoms with Crippen LogP contribution < -0.4 is 0 Å². The van der Waals surface area contributed by atoms with Gasteiger partial charge in [-0.2, -0.15) is 0 Å². The first-order valence-electron chi connectivity index (χ1n) is 6.22. The van der Waals surface area contributed by atoms with Crippen LogP contribution in [-0.4, -0.2) is 28.9 Å². The Morgan fingerprint density at radius 3 is 2.94 bits per heavy atom. The molecule has 1 aromatic heterocycles. The minimum atomic E-state index is -0.0115. The van der Waals surface area contributed by atoms with Crippen molar-refractivity contribution in [2.24, 2.45) is 5.92 Å². The SMILES string of the molecule is CCCN(CC1CC1)C(=O)c1cc(Br)cnc1Cl. The molecule has 18 heavy (non-hydrogen) atoms. The van der Waals surface area contributed by atoms with E-state index < -0.39 is 0 Å². The second-order valence-electron chi connectivity index (χ2n) is 4.69. The summed E-state index contributed by atoms with van der Waals surface area (Å²) >= 11 is 9.33. The van der Waals surface area contributed by atoms with E-state index in [2.05, 4.69) is 27.8 Å². The van der Waals surface area contributed by atoms with E-state index >= 15 is 0 Å². The fourth-order valence-corrected chi connectivity index (χ4v) is 2.42. The number of carbonyl (C=O) groups is 1. The van der Waals surface area contributed by atoms with Gasteiger partial charge in [0, 0.05) is 23.8 Å². The van der Waals surface area contributed by atoms with Crippen LogP contribution >= 0.6 is 27.5 Å². The van der Waals surface area contributed by atoms with Crippen molar-refractivity contribution >= 4 is 33.4 Å². The summed E-state index contributed by atoms with van der Waals surface area (Å²) in [4.78, 5) is 18.4. The summed E-state index contributed by atoms with van der Waals surface area (Å²) in [6.07, 6.45) is 5.03. The quantitative estimate of drug-likeness (QED) is 0.770. The van der Waals surface area contributed by atoms with Crippen molar-refractivity contribution in [3.63, 3.8) is 0 Å². The molecule has 1 aliphatic carbocycles. The molecule has 0 unspecified atom stereocenters. The van der Waals surface area contributed by atoms with Crippen LogP contribution in [0.2, 0.25) is 5.15 Å². The van der Waals surface area contributed by atoms with E-state index in [-0.39, 0.29) is 11.1 Å². The van der Waals surface area contributed by atoms with Gasteiger partial charge in [0.05, 0.1) is 5.56 Å². The molecule has 2 rings (SSSR count). The molecule has 0 atom stereocenters. The lowest BCUT2D eigenvalue weighted by molar-refractivity contribution is 0.0747. The molecule has 1 aliphatic rings. The number of rotatable bonds is 5. The molecule has 1 aromatic rings. The fraction of sp³-hybridized carbons (Fsp3) is 0.538. The summed E-state index contributed by atoms with van der Waals surface area (Å²) in [5.41, 5.74) is 0.486. The Balaban J connectivity index is 2.17. The number of carbonyl (C=O) groups excluding carboxylic acids is 1. The van der Waals surface area contributed by atoms with Crippen molar-refractivity contribution in [1.82, 2.24) is 9.88 Å². The highest BCUT2D eigenvalue weighted by Crippen LogP contribution is 2.30. The first-order chi connectivity index (χ1) is 8.61. The highest BCUT2D eigenvalue weighted by molar-refractivity contribution is 9.10. The second kappa shape index (κ2) is 6.02. The number of nitrogens with zero attached hydrogens (tertiary/aromatic N) is 2. The third kappa shape index (κ3) is 3.45. The van der Waals surface area contributed by atoms with Gasteiger partial charge in [-0.1, -0.05) is 18.5 Å². The maximum Gasteiger partial charge on any atom is 0.257 e. The van der Waals surface area contributed by atoms with E-state index in [1.807, 2.05) is 4.90 Å². The molecule has 0 aliphatic heterocycles. The summed E-state index contributed by atoms with van der Waals surface area (Å²) in [6.45, 7) is 3.70. The average molecular weight is 332 g/mol. The first-order valence-corrected chi connectivity index (χ1v) is 7.39. The number of hydrogen-bond donors (Lipinski definition) is 0. The van der Waals surface area contributed by atoms with Gasteiger partial charge in [-0.3, -0.25) is 4.79 Å². The van der Waals surface area contributed by atoms with Crippen molar-refractivity contribution in [3.05, 3.63) is 27.5 Å². The Labute approximate surface area is 121 Å². The zero-order valence-corrected chi connectivity index (χ0v) is 12.7. The predicted octanol–water partition coefficient (Wildman–Crippen LogP) is 3.76. The van der Waals surface area contributed by atoms with Gasteiger partial charge in [-0.15, -0.1) is 0 Å². The lowest BCUT2D eigenvalue weighted by Gasteiger charge is -2.22. The van der Waals surface area contributed by atoms with Crippen molar-refractivity contribution in [3.8, 4) is 0 Å². The van der Waals surface area contributed by atoms with E-state index in [1.165, 1.54) is 12.8 Å². The van der Waals surface area contributed by atoms with E-state index in [9.17, 15) is 4.79 Å². The van der Waals surface area contributed by atoms with Gasteiger partial charge < -0.3 is 4.90 Å². The smallest absolute Gasteiger partial charge is 0.257 e. The molecule has 1 fully saturated rings. The van der Waals surface area contributed by atoms with Crippen LogP contribution in [0.5, 0.6) is 0 Å². The lowest BCUT2D eigenvalue weighted by Crippen LogP contribution is -2.34. The lowest BCUT2D eigenvalue weighted by atomic mass is 10.2. The zero-order chi connectivity index (χ0) is 13.1. The maximum absolute atomic E-state index is 12.5. The number of amides is 1.